The Morgan fingerprint density at radius 2 is 2.00 bits per heavy atom. The highest BCUT2D eigenvalue weighted by molar-refractivity contribution is 6.32. The Hall–Kier alpha value is -0.730. The van der Waals surface area contributed by atoms with Crippen LogP contribution < -0.4 is 10.5 Å². The van der Waals surface area contributed by atoms with Crippen LogP contribution in [0.15, 0.2) is 18.2 Å². The number of benzene rings is 1. The first-order chi connectivity index (χ1) is 7.54. The topological polar surface area (TPSA) is 35.2 Å². The Morgan fingerprint density at radius 1 is 1.31 bits per heavy atom. The van der Waals surface area contributed by atoms with Gasteiger partial charge in [0.25, 0.3) is 0 Å². The molecule has 2 N–H and O–H groups in total. The second kappa shape index (κ2) is 6.12. The minimum Gasteiger partial charge on any atom is -0.495 e. The van der Waals surface area contributed by atoms with E-state index in [-0.39, 0.29) is 6.04 Å². The molecule has 90 valence electrons. The van der Waals surface area contributed by atoms with E-state index in [0.29, 0.717) is 16.7 Å². The van der Waals surface area contributed by atoms with Crippen molar-refractivity contribution < 1.29 is 4.74 Å². The van der Waals surface area contributed by atoms with Gasteiger partial charge >= 0.3 is 0 Å². The van der Waals surface area contributed by atoms with Gasteiger partial charge in [-0.2, -0.15) is 0 Å². The van der Waals surface area contributed by atoms with Gasteiger partial charge < -0.3 is 10.5 Å². The summed E-state index contributed by atoms with van der Waals surface area (Å²) in [5.74, 6) is 1.37. The molecule has 1 rings (SSSR count). The third kappa shape index (κ3) is 3.69. The van der Waals surface area contributed by atoms with Gasteiger partial charge in [0.15, 0.2) is 0 Å². The van der Waals surface area contributed by atoms with Gasteiger partial charge in [-0.05, 0) is 36.5 Å². The molecule has 2 nitrogen and oxygen atoms in total. The minimum absolute atomic E-state index is 0.0635. The Morgan fingerprint density at radius 3 is 2.56 bits per heavy atom. The van der Waals surface area contributed by atoms with E-state index in [1.807, 2.05) is 18.2 Å². The maximum Gasteiger partial charge on any atom is 0.137 e. The van der Waals surface area contributed by atoms with E-state index < -0.39 is 0 Å². The van der Waals surface area contributed by atoms with Crippen LogP contribution in [-0.2, 0) is 0 Å². The molecule has 16 heavy (non-hydrogen) atoms. The van der Waals surface area contributed by atoms with Crippen molar-refractivity contribution in [1.82, 2.24) is 0 Å². The summed E-state index contributed by atoms with van der Waals surface area (Å²) in [5, 5.41) is 0.627. The Bertz CT molecular complexity index is 339. The molecular weight excluding hydrogens is 222 g/mol. The maximum atomic E-state index is 6.12. The van der Waals surface area contributed by atoms with Crippen molar-refractivity contribution in [2.24, 2.45) is 11.7 Å². The highest BCUT2D eigenvalue weighted by Crippen LogP contribution is 2.28. The summed E-state index contributed by atoms with van der Waals surface area (Å²) in [4.78, 5) is 0. The van der Waals surface area contributed by atoms with Crippen molar-refractivity contribution in [3.8, 4) is 5.75 Å². The van der Waals surface area contributed by atoms with Crippen LogP contribution in [0.25, 0.3) is 0 Å². The molecule has 1 atom stereocenters. The predicted octanol–water partition coefficient (Wildman–Crippen LogP) is 3.78. The van der Waals surface area contributed by atoms with Crippen molar-refractivity contribution in [2.75, 3.05) is 7.11 Å². The van der Waals surface area contributed by atoms with Crippen molar-refractivity contribution in [3.63, 3.8) is 0 Å². The van der Waals surface area contributed by atoms with Gasteiger partial charge in [0, 0.05) is 6.04 Å². The molecule has 0 saturated heterocycles. The van der Waals surface area contributed by atoms with Crippen molar-refractivity contribution in [3.05, 3.63) is 28.8 Å². The smallest absolute Gasteiger partial charge is 0.137 e. The van der Waals surface area contributed by atoms with E-state index in [9.17, 15) is 0 Å². The second-order valence-corrected chi connectivity index (χ2v) is 4.88. The summed E-state index contributed by atoms with van der Waals surface area (Å²) in [6, 6.07) is 5.79. The Balaban J connectivity index is 2.72. The lowest BCUT2D eigenvalue weighted by atomic mass is 9.98. The molecule has 1 aromatic carbocycles. The van der Waals surface area contributed by atoms with Crippen LogP contribution in [0.3, 0.4) is 0 Å². The standard InChI is InChI=1S/C13H20ClNO/c1-9(2)4-7-12(15)10-5-6-11(14)13(8-10)16-3/h5-6,8-9,12H,4,7,15H2,1-3H3/t12-/m0/s1. The summed E-state index contributed by atoms with van der Waals surface area (Å²) in [6.45, 7) is 4.41. The molecule has 0 bridgehead atoms. The van der Waals surface area contributed by atoms with Crippen LogP contribution in [0.1, 0.15) is 38.3 Å². The SMILES string of the molecule is COc1cc([C@@H](N)CCC(C)C)ccc1Cl. The molecule has 0 radical (unpaired) electrons. The molecule has 0 aliphatic heterocycles. The summed E-state index contributed by atoms with van der Waals surface area (Å²) in [6.07, 6.45) is 2.12. The van der Waals surface area contributed by atoms with Gasteiger partial charge in [-0.15, -0.1) is 0 Å². The van der Waals surface area contributed by atoms with Crippen LogP contribution >= 0.6 is 11.6 Å². The maximum absolute atomic E-state index is 6.12. The summed E-state index contributed by atoms with van der Waals surface area (Å²) in [7, 11) is 1.62. The summed E-state index contributed by atoms with van der Waals surface area (Å²) >= 11 is 5.96. The van der Waals surface area contributed by atoms with Gasteiger partial charge in [0.05, 0.1) is 12.1 Å². The average Bonchev–Trinajstić information content (AvgIpc) is 2.26. The zero-order chi connectivity index (χ0) is 12.1. The highest BCUT2D eigenvalue weighted by Gasteiger charge is 2.09. The van der Waals surface area contributed by atoms with Crippen LogP contribution in [0, 0.1) is 5.92 Å². The number of halogens is 1. The van der Waals surface area contributed by atoms with Gasteiger partial charge in [0.1, 0.15) is 5.75 Å². The van der Waals surface area contributed by atoms with E-state index in [0.717, 1.165) is 18.4 Å². The number of methoxy groups -OCH3 is 1. The molecule has 0 unspecified atom stereocenters. The van der Waals surface area contributed by atoms with Crippen LogP contribution in [0.2, 0.25) is 5.02 Å². The third-order valence-corrected chi connectivity index (χ3v) is 2.97. The van der Waals surface area contributed by atoms with Gasteiger partial charge in [-0.3, -0.25) is 0 Å². The number of ether oxygens (including phenoxy) is 1. The fourth-order valence-electron chi connectivity index (χ4n) is 1.59. The van der Waals surface area contributed by atoms with Gasteiger partial charge in [0.2, 0.25) is 0 Å². The van der Waals surface area contributed by atoms with E-state index >= 15 is 0 Å². The fourth-order valence-corrected chi connectivity index (χ4v) is 1.78. The third-order valence-electron chi connectivity index (χ3n) is 2.66. The number of hydrogen-bond acceptors (Lipinski definition) is 2. The fraction of sp³-hybridized carbons (Fsp3) is 0.538. The number of rotatable bonds is 5. The zero-order valence-electron chi connectivity index (χ0n) is 10.2. The first kappa shape index (κ1) is 13.3. The highest BCUT2D eigenvalue weighted by atomic mass is 35.5. The van der Waals surface area contributed by atoms with E-state index in [1.54, 1.807) is 7.11 Å². The van der Waals surface area contributed by atoms with E-state index in [1.165, 1.54) is 0 Å². The summed E-state index contributed by atoms with van der Waals surface area (Å²) < 4.78 is 5.17. The molecule has 0 aliphatic carbocycles. The van der Waals surface area contributed by atoms with Crippen LogP contribution in [0.5, 0.6) is 5.75 Å². The van der Waals surface area contributed by atoms with E-state index in [2.05, 4.69) is 13.8 Å². The molecular formula is C13H20ClNO. The molecule has 0 aliphatic rings. The zero-order valence-corrected chi connectivity index (χ0v) is 10.9. The number of hydrogen-bond donors (Lipinski definition) is 1. The van der Waals surface area contributed by atoms with Crippen LogP contribution in [0.4, 0.5) is 0 Å². The van der Waals surface area contributed by atoms with Gasteiger partial charge in [-0.1, -0.05) is 31.5 Å². The Kier molecular flexibility index (Phi) is 5.10. The quantitative estimate of drug-likeness (QED) is 0.852. The molecule has 0 heterocycles. The molecule has 0 spiro atoms. The lowest BCUT2D eigenvalue weighted by Crippen LogP contribution is -2.11. The molecule has 0 amide bonds. The molecule has 1 aromatic rings. The number of nitrogens with two attached hydrogens (primary N) is 1. The molecule has 0 aromatic heterocycles. The van der Waals surface area contributed by atoms with Crippen molar-refractivity contribution in [2.45, 2.75) is 32.7 Å². The normalized spacial score (nSPS) is 12.9. The van der Waals surface area contributed by atoms with Crippen LogP contribution in [-0.4, -0.2) is 7.11 Å². The lowest BCUT2D eigenvalue weighted by Gasteiger charge is -2.15. The molecule has 0 saturated carbocycles. The van der Waals surface area contributed by atoms with Crippen molar-refractivity contribution in [1.29, 1.82) is 0 Å². The second-order valence-electron chi connectivity index (χ2n) is 4.47. The average molecular weight is 242 g/mol. The predicted molar refractivity (Wildman–Crippen MR) is 69.0 cm³/mol. The lowest BCUT2D eigenvalue weighted by molar-refractivity contribution is 0.413. The molecule has 3 heteroatoms. The van der Waals surface area contributed by atoms with Gasteiger partial charge in [-0.25, -0.2) is 0 Å². The first-order valence-electron chi connectivity index (χ1n) is 5.63. The largest absolute Gasteiger partial charge is 0.495 e. The van der Waals surface area contributed by atoms with E-state index in [4.69, 9.17) is 22.1 Å². The Labute approximate surface area is 103 Å². The monoisotopic (exact) mass is 241 g/mol. The minimum atomic E-state index is 0.0635. The first-order valence-corrected chi connectivity index (χ1v) is 6.01. The van der Waals surface area contributed by atoms with Crippen molar-refractivity contribution >= 4 is 11.6 Å². The molecule has 0 fully saturated rings. The summed E-state index contributed by atoms with van der Waals surface area (Å²) in [5.41, 5.74) is 7.20.